The molecule has 0 radical (unpaired) electrons. The minimum absolute atomic E-state index is 0.0506. The van der Waals surface area contributed by atoms with Crippen LogP contribution in [0.15, 0.2) is 71.1 Å². The molecule has 2 unspecified atom stereocenters. The topological polar surface area (TPSA) is 92.9 Å². The van der Waals surface area contributed by atoms with Crippen molar-refractivity contribution in [3.8, 4) is 5.75 Å². The van der Waals surface area contributed by atoms with Crippen molar-refractivity contribution >= 4 is 17.4 Å². The van der Waals surface area contributed by atoms with Gasteiger partial charge in [0.2, 0.25) is 0 Å². The first-order valence-corrected chi connectivity index (χ1v) is 10.0. The zero-order chi connectivity index (χ0) is 21.5. The molecular weight excluding hydrogens is 396 g/mol. The van der Waals surface area contributed by atoms with E-state index in [2.05, 4.69) is 4.98 Å². The molecule has 7 nitrogen and oxygen atoms in total. The first-order chi connectivity index (χ1) is 15.0. The number of likely N-dealkylation sites (tertiary alicyclic amines) is 1. The average molecular weight is 416 g/mol. The summed E-state index contributed by atoms with van der Waals surface area (Å²) in [5, 5.41) is 11.2. The molecule has 4 heterocycles. The number of nitrogens with zero attached hydrogens (tertiary/aromatic N) is 2. The molecule has 2 aliphatic heterocycles. The lowest BCUT2D eigenvalue weighted by Gasteiger charge is -2.24. The maximum Gasteiger partial charge on any atom is 0.296 e. The molecule has 0 bridgehead atoms. The van der Waals surface area contributed by atoms with Gasteiger partial charge in [0.15, 0.2) is 0 Å². The average Bonchev–Trinajstić information content (AvgIpc) is 3.48. The van der Waals surface area contributed by atoms with Gasteiger partial charge in [0.25, 0.3) is 11.7 Å². The van der Waals surface area contributed by atoms with Gasteiger partial charge in [0.05, 0.1) is 24.4 Å². The number of benzene rings is 1. The van der Waals surface area contributed by atoms with Crippen molar-refractivity contribution in [2.75, 3.05) is 0 Å². The van der Waals surface area contributed by atoms with Crippen molar-refractivity contribution in [1.82, 2.24) is 9.88 Å². The third kappa shape index (κ3) is 3.28. The molecule has 0 saturated carbocycles. The van der Waals surface area contributed by atoms with Gasteiger partial charge in [0.1, 0.15) is 23.4 Å². The summed E-state index contributed by atoms with van der Waals surface area (Å²) in [6.07, 6.45) is 5.48. The van der Waals surface area contributed by atoms with Crippen LogP contribution in [0.3, 0.4) is 0 Å². The molecule has 1 amide bonds. The number of fused-ring (bicyclic) bond motifs is 1. The van der Waals surface area contributed by atoms with E-state index in [1.54, 1.807) is 48.8 Å². The van der Waals surface area contributed by atoms with Crippen LogP contribution in [0.5, 0.6) is 5.75 Å². The summed E-state index contributed by atoms with van der Waals surface area (Å²) in [6.45, 7) is 2.08. The number of aromatic nitrogens is 1. The van der Waals surface area contributed by atoms with Crippen molar-refractivity contribution in [3.63, 3.8) is 0 Å². The fourth-order valence-corrected chi connectivity index (χ4v) is 4.23. The van der Waals surface area contributed by atoms with Gasteiger partial charge in [-0.25, -0.2) is 0 Å². The number of carbonyl (C=O) groups is 2. The van der Waals surface area contributed by atoms with E-state index in [9.17, 15) is 14.7 Å². The summed E-state index contributed by atoms with van der Waals surface area (Å²) in [7, 11) is 0. The number of ketones is 1. The van der Waals surface area contributed by atoms with Gasteiger partial charge >= 0.3 is 0 Å². The van der Waals surface area contributed by atoms with Crippen LogP contribution in [-0.4, -0.2) is 32.8 Å². The molecule has 156 valence electrons. The number of Topliss-reactive ketones (excluding diaryl/α,β-unsaturated/α-hetero) is 1. The highest BCUT2D eigenvalue weighted by molar-refractivity contribution is 6.46. The number of hydrogen-bond donors (Lipinski definition) is 1. The molecule has 1 N–H and O–H groups in total. The summed E-state index contributed by atoms with van der Waals surface area (Å²) in [5.41, 5.74) is 2.17. The number of aliphatic hydroxyl groups excluding tert-OH is 1. The van der Waals surface area contributed by atoms with Crippen molar-refractivity contribution in [3.05, 3.63) is 89.1 Å². The number of carbonyl (C=O) groups excluding carboxylic acids is 2. The van der Waals surface area contributed by atoms with Crippen molar-refractivity contribution in [2.45, 2.75) is 32.0 Å². The van der Waals surface area contributed by atoms with Gasteiger partial charge in [0, 0.05) is 24.4 Å². The Morgan fingerprint density at radius 3 is 2.74 bits per heavy atom. The summed E-state index contributed by atoms with van der Waals surface area (Å²) < 4.78 is 11.1. The fourth-order valence-electron chi connectivity index (χ4n) is 4.23. The number of pyridine rings is 1. The monoisotopic (exact) mass is 416 g/mol. The van der Waals surface area contributed by atoms with Crippen LogP contribution < -0.4 is 4.74 Å². The predicted octanol–water partition coefficient (Wildman–Crippen LogP) is 3.62. The second-order valence-corrected chi connectivity index (χ2v) is 7.74. The van der Waals surface area contributed by atoms with Crippen LogP contribution in [0.1, 0.15) is 35.4 Å². The summed E-state index contributed by atoms with van der Waals surface area (Å²) in [4.78, 5) is 31.4. The molecule has 2 atom stereocenters. The van der Waals surface area contributed by atoms with Crippen LogP contribution in [0.4, 0.5) is 0 Å². The highest BCUT2D eigenvalue weighted by Crippen LogP contribution is 2.41. The molecule has 2 aromatic heterocycles. The van der Waals surface area contributed by atoms with E-state index in [4.69, 9.17) is 9.15 Å². The second-order valence-electron chi connectivity index (χ2n) is 7.74. The number of rotatable bonds is 4. The number of aliphatic hydroxyl groups is 1. The molecule has 0 spiro atoms. The highest BCUT2D eigenvalue weighted by Gasteiger charge is 2.46. The largest absolute Gasteiger partial charge is 0.507 e. The lowest BCUT2D eigenvalue weighted by atomic mass is 9.95. The predicted molar refractivity (Wildman–Crippen MR) is 111 cm³/mol. The van der Waals surface area contributed by atoms with E-state index in [1.165, 1.54) is 11.2 Å². The molecule has 1 saturated heterocycles. The van der Waals surface area contributed by atoms with Crippen molar-refractivity contribution in [2.24, 2.45) is 0 Å². The maximum absolute atomic E-state index is 13.0. The van der Waals surface area contributed by atoms with E-state index in [-0.39, 0.29) is 24.0 Å². The maximum atomic E-state index is 13.0. The van der Waals surface area contributed by atoms with Gasteiger partial charge < -0.3 is 19.2 Å². The summed E-state index contributed by atoms with van der Waals surface area (Å²) in [5.74, 6) is -0.295. The Bertz CT molecular complexity index is 1180. The molecule has 7 heteroatoms. The molecule has 31 heavy (non-hydrogen) atoms. The Kier molecular flexibility index (Phi) is 4.58. The molecule has 2 aliphatic rings. The van der Waals surface area contributed by atoms with E-state index >= 15 is 0 Å². The van der Waals surface area contributed by atoms with Gasteiger partial charge in [-0.05, 0) is 60.5 Å². The zero-order valence-corrected chi connectivity index (χ0v) is 16.8. The number of ether oxygens (including phenoxy) is 1. The number of furan rings is 1. The Hall–Kier alpha value is -3.87. The van der Waals surface area contributed by atoms with E-state index in [0.717, 1.165) is 17.7 Å². The highest BCUT2D eigenvalue weighted by atomic mass is 16.5. The molecule has 0 aliphatic carbocycles. The van der Waals surface area contributed by atoms with Crippen LogP contribution >= 0.6 is 0 Å². The van der Waals surface area contributed by atoms with Crippen LogP contribution in [0, 0.1) is 0 Å². The lowest BCUT2D eigenvalue weighted by molar-refractivity contribution is -0.140. The minimum atomic E-state index is -0.753. The van der Waals surface area contributed by atoms with E-state index in [1.807, 2.05) is 13.0 Å². The third-order valence-electron chi connectivity index (χ3n) is 5.64. The molecular formula is C24H20N2O5. The summed E-state index contributed by atoms with van der Waals surface area (Å²) >= 11 is 0. The van der Waals surface area contributed by atoms with Crippen molar-refractivity contribution < 1.29 is 23.8 Å². The van der Waals surface area contributed by atoms with E-state index in [0.29, 0.717) is 16.9 Å². The third-order valence-corrected chi connectivity index (χ3v) is 5.64. The number of hydrogen-bond acceptors (Lipinski definition) is 6. The van der Waals surface area contributed by atoms with Crippen LogP contribution in [-0.2, 0) is 22.6 Å². The number of amides is 1. The normalized spacial score (nSPS) is 21.9. The lowest BCUT2D eigenvalue weighted by Crippen LogP contribution is -2.29. The van der Waals surface area contributed by atoms with Crippen molar-refractivity contribution in [1.29, 1.82) is 0 Å². The van der Waals surface area contributed by atoms with Gasteiger partial charge in [-0.2, -0.15) is 0 Å². The molecule has 1 fully saturated rings. The van der Waals surface area contributed by atoms with Crippen LogP contribution in [0.2, 0.25) is 0 Å². The van der Waals surface area contributed by atoms with Gasteiger partial charge in [-0.3, -0.25) is 14.6 Å². The Balaban J connectivity index is 1.62. The quantitative estimate of drug-likeness (QED) is 0.397. The minimum Gasteiger partial charge on any atom is -0.507 e. The fraction of sp³-hybridized carbons (Fsp3) is 0.208. The first kappa shape index (κ1) is 19.1. The van der Waals surface area contributed by atoms with Gasteiger partial charge in [-0.1, -0.05) is 0 Å². The van der Waals surface area contributed by atoms with E-state index < -0.39 is 17.7 Å². The van der Waals surface area contributed by atoms with Gasteiger partial charge in [-0.15, -0.1) is 0 Å². The molecule has 5 rings (SSSR count). The Morgan fingerprint density at radius 2 is 2.00 bits per heavy atom. The first-order valence-electron chi connectivity index (χ1n) is 10.0. The zero-order valence-electron chi connectivity index (χ0n) is 16.8. The smallest absolute Gasteiger partial charge is 0.296 e. The summed E-state index contributed by atoms with van der Waals surface area (Å²) in [6, 6.07) is 11.5. The Labute approximate surface area is 178 Å². The SMILES string of the molecule is CC1Cc2cc(/C(O)=C3\C(=O)C(=O)N(Cc4ccco4)C3c3ccncc3)ccc2O1. The molecule has 3 aromatic rings. The van der Waals surface area contributed by atoms with Crippen LogP contribution in [0.25, 0.3) is 5.76 Å². The standard InChI is InChI=1S/C24H20N2O5/c1-14-11-17-12-16(4-5-19(17)31-14)22(27)20-21(15-6-8-25-9-7-15)26(24(29)23(20)28)13-18-3-2-10-30-18/h2-10,12,14,21,27H,11,13H2,1H3/b22-20+. The Morgan fingerprint density at radius 1 is 1.19 bits per heavy atom. The molecule has 1 aromatic carbocycles. The second kappa shape index (κ2) is 7.43.